The number of carbonyl (C=O) groups excluding carboxylic acids is 2. The van der Waals surface area contributed by atoms with Crippen LogP contribution in [-0.2, 0) is 20.9 Å². The lowest BCUT2D eigenvalue weighted by molar-refractivity contribution is -0.146. The number of aliphatic imine (C=N–C) groups is 1. The van der Waals surface area contributed by atoms with Crippen LogP contribution in [0.5, 0.6) is 0 Å². The third-order valence-electron chi connectivity index (χ3n) is 4.31. The van der Waals surface area contributed by atoms with Crippen molar-refractivity contribution in [2.45, 2.75) is 38.7 Å². The minimum atomic E-state index is -0.153. The number of carbonyl (C=O) groups is 2. The molecule has 1 amide bonds. The highest BCUT2D eigenvalue weighted by Gasteiger charge is 2.27. The Balaban J connectivity index is 1.69. The fourth-order valence-electron chi connectivity index (χ4n) is 2.92. The van der Waals surface area contributed by atoms with Gasteiger partial charge in [-0.25, -0.2) is 4.99 Å². The Morgan fingerprint density at radius 2 is 1.83 bits per heavy atom. The molecule has 130 valence electrons. The second-order valence-electron chi connectivity index (χ2n) is 6.61. The molecule has 1 saturated carbocycles. The van der Waals surface area contributed by atoms with Crippen LogP contribution in [0.25, 0.3) is 0 Å². The average Bonchev–Trinajstić information content (AvgIpc) is 2.59. The van der Waals surface area contributed by atoms with Gasteiger partial charge in [0.05, 0.1) is 6.34 Å². The SMILES string of the molecule is CN(C)C=NC(=O)C1CCC(CC(=O)OCc2ccccc2)CC1. The predicted octanol–water partition coefficient (Wildman–Crippen LogP) is 3.04. The van der Waals surface area contributed by atoms with Crippen molar-refractivity contribution in [1.29, 1.82) is 0 Å². The smallest absolute Gasteiger partial charge is 0.306 e. The molecule has 1 aromatic rings. The lowest BCUT2D eigenvalue weighted by Gasteiger charge is -2.25. The lowest BCUT2D eigenvalue weighted by Crippen LogP contribution is -2.23. The summed E-state index contributed by atoms with van der Waals surface area (Å²) in [5, 5.41) is 0. The maximum Gasteiger partial charge on any atom is 0.306 e. The number of hydrogen-bond acceptors (Lipinski definition) is 3. The predicted molar refractivity (Wildman–Crippen MR) is 93.5 cm³/mol. The first-order valence-electron chi connectivity index (χ1n) is 8.48. The first-order chi connectivity index (χ1) is 11.5. The molecule has 1 aromatic carbocycles. The van der Waals surface area contributed by atoms with E-state index in [0.29, 0.717) is 18.9 Å². The molecule has 0 saturated heterocycles. The van der Waals surface area contributed by atoms with Gasteiger partial charge in [-0.2, -0.15) is 0 Å². The van der Waals surface area contributed by atoms with Crippen LogP contribution in [-0.4, -0.2) is 37.2 Å². The van der Waals surface area contributed by atoms with E-state index in [1.165, 1.54) is 0 Å². The van der Waals surface area contributed by atoms with E-state index in [0.717, 1.165) is 31.2 Å². The maximum atomic E-state index is 12.0. The van der Waals surface area contributed by atoms with Crippen molar-refractivity contribution in [3.63, 3.8) is 0 Å². The summed E-state index contributed by atoms with van der Waals surface area (Å²) in [6.45, 7) is 0.326. The first-order valence-corrected chi connectivity index (χ1v) is 8.48. The largest absolute Gasteiger partial charge is 0.461 e. The van der Waals surface area contributed by atoms with E-state index >= 15 is 0 Å². The van der Waals surface area contributed by atoms with Crippen molar-refractivity contribution < 1.29 is 14.3 Å². The summed E-state index contributed by atoms with van der Waals surface area (Å²) in [6, 6.07) is 9.69. The van der Waals surface area contributed by atoms with Crippen LogP contribution in [0, 0.1) is 11.8 Å². The summed E-state index contributed by atoms with van der Waals surface area (Å²) in [6.07, 6.45) is 5.37. The molecular weight excluding hydrogens is 304 g/mol. The van der Waals surface area contributed by atoms with Crippen molar-refractivity contribution in [3.05, 3.63) is 35.9 Å². The molecule has 1 fully saturated rings. The third kappa shape index (κ3) is 6.14. The van der Waals surface area contributed by atoms with Crippen LogP contribution in [0.2, 0.25) is 0 Å². The molecule has 0 spiro atoms. The molecule has 2 rings (SSSR count). The van der Waals surface area contributed by atoms with Crippen LogP contribution >= 0.6 is 0 Å². The highest BCUT2D eigenvalue weighted by atomic mass is 16.5. The van der Waals surface area contributed by atoms with Gasteiger partial charge in [0.1, 0.15) is 6.61 Å². The lowest BCUT2D eigenvalue weighted by atomic mass is 9.80. The summed E-state index contributed by atoms with van der Waals surface area (Å²) >= 11 is 0. The Bertz CT molecular complexity index is 561. The monoisotopic (exact) mass is 330 g/mol. The van der Waals surface area contributed by atoms with Crippen LogP contribution in [0.4, 0.5) is 0 Å². The highest BCUT2D eigenvalue weighted by molar-refractivity contribution is 5.86. The average molecular weight is 330 g/mol. The van der Waals surface area contributed by atoms with Crippen molar-refractivity contribution in [1.82, 2.24) is 4.90 Å². The van der Waals surface area contributed by atoms with Gasteiger partial charge in [0, 0.05) is 26.4 Å². The molecule has 24 heavy (non-hydrogen) atoms. The summed E-state index contributed by atoms with van der Waals surface area (Å²) in [5.74, 6) is 0.112. The molecule has 5 heteroatoms. The second-order valence-corrected chi connectivity index (χ2v) is 6.61. The zero-order valence-electron chi connectivity index (χ0n) is 14.5. The number of esters is 1. The summed E-state index contributed by atoms with van der Waals surface area (Å²) in [7, 11) is 3.68. The number of amides is 1. The molecule has 0 heterocycles. The van der Waals surface area contributed by atoms with Gasteiger partial charge in [-0.1, -0.05) is 30.3 Å². The van der Waals surface area contributed by atoms with Crippen LogP contribution in [0.3, 0.4) is 0 Å². The van der Waals surface area contributed by atoms with Gasteiger partial charge in [-0.3, -0.25) is 9.59 Å². The number of rotatable bonds is 6. The van der Waals surface area contributed by atoms with E-state index in [-0.39, 0.29) is 17.8 Å². The van der Waals surface area contributed by atoms with Crippen LogP contribution in [0.15, 0.2) is 35.3 Å². The first kappa shape index (κ1) is 18.2. The van der Waals surface area contributed by atoms with Crippen LogP contribution < -0.4 is 0 Å². The Morgan fingerprint density at radius 3 is 2.46 bits per heavy atom. The molecule has 0 aliphatic heterocycles. The molecule has 0 unspecified atom stereocenters. The van der Waals surface area contributed by atoms with E-state index in [2.05, 4.69) is 4.99 Å². The normalized spacial score (nSPS) is 20.8. The number of benzene rings is 1. The summed E-state index contributed by atoms with van der Waals surface area (Å²) in [5.41, 5.74) is 0.999. The van der Waals surface area contributed by atoms with E-state index < -0.39 is 0 Å². The molecule has 0 radical (unpaired) electrons. The molecule has 0 N–H and O–H groups in total. The molecule has 5 nitrogen and oxygen atoms in total. The van der Waals surface area contributed by atoms with E-state index in [1.54, 1.807) is 11.2 Å². The van der Waals surface area contributed by atoms with E-state index in [1.807, 2.05) is 44.4 Å². The van der Waals surface area contributed by atoms with Gasteiger partial charge < -0.3 is 9.64 Å². The van der Waals surface area contributed by atoms with Crippen LogP contribution in [0.1, 0.15) is 37.7 Å². The Labute approximate surface area is 143 Å². The summed E-state index contributed by atoms with van der Waals surface area (Å²) in [4.78, 5) is 29.7. The number of ether oxygens (including phenoxy) is 1. The van der Waals surface area contributed by atoms with Crippen molar-refractivity contribution in [3.8, 4) is 0 Å². The van der Waals surface area contributed by atoms with Gasteiger partial charge in [0.25, 0.3) is 0 Å². The van der Waals surface area contributed by atoms with Crippen molar-refractivity contribution >= 4 is 18.2 Å². The molecule has 0 bridgehead atoms. The summed E-state index contributed by atoms with van der Waals surface area (Å²) < 4.78 is 5.34. The Morgan fingerprint density at radius 1 is 1.17 bits per heavy atom. The fraction of sp³-hybridized carbons (Fsp3) is 0.526. The minimum absolute atomic E-state index is 0.00205. The molecule has 1 aliphatic rings. The van der Waals surface area contributed by atoms with Gasteiger partial charge in [-0.15, -0.1) is 0 Å². The van der Waals surface area contributed by atoms with Gasteiger partial charge in [-0.05, 0) is 37.2 Å². The second kappa shape index (κ2) is 9.21. The van der Waals surface area contributed by atoms with E-state index in [4.69, 9.17) is 4.74 Å². The molecule has 1 aliphatic carbocycles. The van der Waals surface area contributed by atoms with Gasteiger partial charge in [0.15, 0.2) is 0 Å². The zero-order chi connectivity index (χ0) is 17.4. The minimum Gasteiger partial charge on any atom is -0.461 e. The quantitative estimate of drug-likeness (QED) is 0.457. The highest BCUT2D eigenvalue weighted by Crippen LogP contribution is 2.31. The molecule has 0 atom stereocenters. The topological polar surface area (TPSA) is 59.0 Å². The van der Waals surface area contributed by atoms with Crippen molar-refractivity contribution in [2.75, 3.05) is 14.1 Å². The number of nitrogens with zero attached hydrogens (tertiary/aromatic N) is 2. The standard InChI is InChI=1S/C19H26N2O3/c1-21(2)14-20-19(23)17-10-8-15(9-11-17)12-18(22)24-13-16-6-4-3-5-7-16/h3-7,14-15,17H,8-13H2,1-2H3. The van der Waals surface area contributed by atoms with E-state index in [9.17, 15) is 9.59 Å². The van der Waals surface area contributed by atoms with Gasteiger partial charge in [0.2, 0.25) is 5.91 Å². The van der Waals surface area contributed by atoms with Crippen molar-refractivity contribution in [2.24, 2.45) is 16.8 Å². The molecule has 0 aromatic heterocycles. The zero-order valence-corrected chi connectivity index (χ0v) is 14.5. The maximum absolute atomic E-state index is 12.0. The Hall–Kier alpha value is -2.17. The molecular formula is C19H26N2O3. The third-order valence-corrected chi connectivity index (χ3v) is 4.31. The van der Waals surface area contributed by atoms with Gasteiger partial charge >= 0.3 is 5.97 Å². The Kier molecular flexibility index (Phi) is 6.97. The fourth-order valence-corrected chi connectivity index (χ4v) is 2.92. The number of hydrogen-bond donors (Lipinski definition) is 0.